The summed E-state index contributed by atoms with van der Waals surface area (Å²) in [6.07, 6.45) is 2.81. The largest absolute Gasteiger partial charge is 0.495 e. The number of fused-ring (bicyclic) bond motifs is 1. The van der Waals surface area contributed by atoms with Crippen LogP contribution in [0.4, 0.5) is 5.69 Å². The molecule has 0 atom stereocenters. The molecule has 0 saturated carbocycles. The van der Waals surface area contributed by atoms with Gasteiger partial charge < -0.3 is 9.84 Å². The van der Waals surface area contributed by atoms with E-state index in [0.717, 1.165) is 6.07 Å². The Hall–Kier alpha value is -2.91. The van der Waals surface area contributed by atoms with Crippen molar-refractivity contribution in [2.24, 2.45) is 0 Å². The van der Waals surface area contributed by atoms with Crippen LogP contribution in [-0.4, -0.2) is 36.6 Å². The molecular weight excluding hydrogens is 382 g/mol. The molecule has 8 nitrogen and oxygen atoms in total. The highest BCUT2D eigenvalue weighted by Gasteiger charge is 2.23. The lowest BCUT2D eigenvalue weighted by atomic mass is 10.2. The van der Waals surface area contributed by atoms with Gasteiger partial charge in [-0.3, -0.25) is 14.7 Å². The second kappa shape index (κ2) is 6.77. The molecule has 0 radical (unpaired) electrons. The predicted molar refractivity (Wildman–Crippen MR) is 95.3 cm³/mol. The molecule has 26 heavy (non-hydrogen) atoms. The van der Waals surface area contributed by atoms with E-state index in [9.17, 15) is 18.3 Å². The van der Waals surface area contributed by atoms with Crippen LogP contribution < -0.4 is 9.46 Å². The lowest BCUT2D eigenvalue weighted by Crippen LogP contribution is -2.16. The maximum atomic E-state index is 12.8. The number of hydrogen-bond donors (Lipinski definition) is 2. The number of carboxylic acid groups (broad SMARTS) is 1. The van der Waals surface area contributed by atoms with Gasteiger partial charge in [0.05, 0.1) is 28.9 Å². The molecule has 3 aromatic rings. The minimum Gasteiger partial charge on any atom is -0.495 e. The van der Waals surface area contributed by atoms with Crippen molar-refractivity contribution in [3.05, 3.63) is 53.3 Å². The third-order valence-corrected chi connectivity index (χ3v) is 5.21. The van der Waals surface area contributed by atoms with Gasteiger partial charge in [0.2, 0.25) is 0 Å². The number of rotatable bonds is 5. The highest BCUT2D eigenvalue weighted by molar-refractivity contribution is 7.93. The van der Waals surface area contributed by atoms with E-state index in [-0.39, 0.29) is 32.4 Å². The number of halogens is 1. The first-order chi connectivity index (χ1) is 12.3. The molecular formula is C16H12ClN3O5S. The van der Waals surface area contributed by atoms with Gasteiger partial charge in [-0.05, 0) is 24.3 Å². The number of nitrogens with zero attached hydrogens (tertiary/aromatic N) is 2. The van der Waals surface area contributed by atoms with Crippen molar-refractivity contribution >= 4 is 44.3 Å². The summed E-state index contributed by atoms with van der Waals surface area (Å²) in [5, 5.41) is 9.42. The first-order valence-electron chi connectivity index (χ1n) is 7.17. The monoisotopic (exact) mass is 393 g/mol. The van der Waals surface area contributed by atoms with Crippen LogP contribution in [0.1, 0.15) is 10.4 Å². The minimum atomic E-state index is -4.15. The van der Waals surface area contributed by atoms with Gasteiger partial charge >= 0.3 is 5.97 Å². The Labute approximate surface area is 153 Å². The molecule has 0 aliphatic rings. The molecule has 3 rings (SSSR count). The number of ether oxygens (including phenoxy) is 1. The fraction of sp³-hybridized carbons (Fsp3) is 0.0625. The SMILES string of the molecule is COc1cc(C(=O)O)c(NS(=O)(=O)c2cccc3nccnc23)cc1Cl. The highest BCUT2D eigenvalue weighted by Crippen LogP contribution is 2.33. The number of nitrogens with one attached hydrogen (secondary N) is 1. The van der Waals surface area contributed by atoms with Crippen LogP contribution in [0.2, 0.25) is 5.02 Å². The normalized spacial score (nSPS) is 11.3. The first kappa shape index (κ1) is 17.9. The number of aromatic carboxylic acids is 1. The highest BCUT2D eigenvalue weighted by atomic mass is 35.5. The molecule has 0 aliphatic carbocycles. The number of para-hydroxylation sites is 1. The summed E-state index contributed by atoms with van der Waals surface area (Å²) in [6.45, 7) is 0. The Kier molecular flexibility index (Phi) is 4.66. The van der Waals surface area contributed by atoms with Crippen LogP contribution in [0.25, 0.3) is 11.0 Å². The van der Waals surface area contributed by atoms with Crippen molar-refractivity contribution in [2.75, 3.05) is 11.8 Å². The van der Waals surface area contributed by atoms with E-state index in [0.29, 0.717) is 5.52 Å². The average Bonchev–Trinajstić information content (AvgIpc) is 2.60. The number of hydrogen-bond acceptors (Lipinski definition) is 6. The van der Waals surface area contributed by atoms with Crippen LogP contribution >= 0.6 is 11.6 Å². The zero-order valence-electron chi connectivity index (χ0n) is 13.3. The van der Waals surface area contributed by atoms with Gasteiger partial charge in [-0.25, -0.2) is 13.2 Å². The summed E-state index contributed by atoms with van der Waals surface area (Å²) in [5.74, 6) is -1.22. The van der Waals surface area contributed by atoms with E-state index in [2.05, 4.69) is 14.7 Å². The van der Waals surface area contributed by atoms with E-state index in [1.165, 1.54) is 37.7 Å². The number of sulfonamides is 1. The molecule has 1 aromatic heterocycles. The van der Waals surface area contributed by atoms with E-state index < -0.39 is 16.0 Å². The topological polar surface area (TPSA) is 118 Å². The Balaban J connectivity index is 2.13. The summed E-state index contributed by atoms with van der Waals surface area (Å²) in [6, 6.07) is 6.81. The molecule has 2 aromatic carbocycles. The van der Waals surface area contributed by atoms with Crippen molar-refractivity contribution in [1.82, 2.24) is 9.97 Å². The molecule has 134 valence electrons. The van der Waals surface area contributed by atoms with Gasteiger partial charge in [-0.15, -0.1) is 0 Å². The summed E-state index contributed by atoms with van der Waals surface area (Å²) in [4.78, 5) is 19.5. The fourth-order valence-electron chi connectivity index (χ4n) is 2.35. The molecule has 0 fully saturated rings. The Morgan fingerprint density at radius 1 is 1.23 bits per heavy atom. The standard InChI is InChI=1S/C16H12ClN3O5S/c1-25-13-7-9(16(21)22)12(8-10(13)17)20-26(23,24)14-4-2-3-11-15(14)19-6-5-18-11/h2-8,20H,1H3,(H,21,22). The Morgan fingerprint density at radius 3 is 2.65 bits per heavy atom. The van der Waals surface area contributed by atoms with Crippen LogP contribution in [0.15, 0.2) is 47.6 Å². The van der Waals surface area contributed by atoms with Crippen LogP contribution in [0.3, 0.4) is 0 Å². The molecule has 1 heterocycles. The second-order valence-corrected chi connectivity index (χ2v) is 7.18. The molecule has 2 N–H and O–H groups in total. The maximum absolute atomic E-state index is 12.8. The minimum absolute atomic E-state index is 0.0629. The molecule has 0 amide bonds. The van der Waals surface area contributed by atoms with Gasteiger partial charge in [-0.1, -0.05) is 17.7 Å². The van der Waals surface area contributed by atoms with Crippen LogP contribution in [0.5, 0.6) is 5.75 Å². The number of carboxylic acids is 1. The summed E-state index contributed by atoms with van der Waals surface area (Å²) < 4.78 is 32.8. The summed E-state index contributed by atoms with van der Waals surface area (Å²) in [7, 11) is -2.82. The van der Waals surface area contributed by atoms with Gasteiger partial charge in [0.15, 0.2) is 0 Å². The van der Waals surface area contributed by atoms with E-state index in [1.807, 2.05) is 0 Å². The molecule has 0 saturated heterocycles. The van der Waals surface area contributed by atoms with Crippen molar-refractivity contribution in [3.8, 4) is 5.75 Å². The summed E-state index contributed by atoms with van der Waals surface area (Å²) >= 11 is 6.00. The van der Waals surface area contributed by atoms with Crippen molar-refractivity contribution in [3.63, 3.8) is 0 Å². The third kappa shape index (κ3) is 3.26. The predicted octanol–water partition coefficient (Wildman–Crippen LogP) is 2.79. The van der Waals surface area contributed by atoms with E-state index in [4.69, 9.17) is 16.3 Å². The summed E-state index contributed by atoms with van der Waals surface area (Å²) in [5.41, 5.74) is 0.0610. The molecule has 0 bridgehead atoms. The molecule has 0 spiro atoms. The number of anilines is 1. The number of methoxy groups -OCH3 is 1. The van der Waals surface area contributed by atoms with E-state index in [1.54, 1.807) is 6.07 Å². The van der Waals surface area contributed by atoms with Crippen molar-refractivity contribution in [2.45, 2.75) is 4.90 Å². The average molecular weight is 394 g/mol. The second-order valence-electron chi connectivity index (χ2n) is 5.12. The van der Waals surface area contributed by atoms with Crippen molar-refractivity contribution < 1.29 is 23.1 Å². The number of benzene rings is 2. The number of carbonyl (C=O) groups is 1. The molecule has 0 unspecified atom stereocenters. The Morgan fingerprint density at radius 2 is 1.96 bits per heavy atom. The number of aromatic nitrogens is 2. The molecule has 0 aliphatic heterocycles. The smallest absolute Gasteiger partial charge is 0.337 e. The fourth-order valence-corrected chi connectivity index (χ4v) is 3.83. The zero-order chi connectivity index (χ0) is 18.9. The lowest BCUT2D eigenvalue weighted by molar-refractivity contribution is 0.0697. The van der Waals surface area contributed by atoms with E-state index >= 15 is 0 Å². The first-order valence-corrected chi connectivity index (χ1v) is 9.03. The molecule has 10 heteroatoms. The maximum Gasteiger partial charge on any atom is 0.337 e. The third-order valence-electron chi connectivity index (χ3n) is 3.52. The van der Waals surface area contributed by atoms with Gasteiger partial charge in [0.1, 0.15) is 16.2 Å². The Bertz CT molecular complexity index is 1110. The van der Waals surface area contributed by atoms with Crippen LogP contribution in [0, 0.1) is 0 Å². The van der Waals surface area contributed by atoms with Gasteiger partial charge in [-0.2, -0.15) is 0 Å². The van der Waals surface area contributed by atoms with Crippen molar-refractivity contribution in [1.29, 1.82) is 0 Å². The quantitative estimate of drug-likeness (QED) is 0.684. The van der Waals surface area contributed by atoms with Gasteiger partial charge in [0.25, 0.3) is 10.0 Å². The zero-order valence-corrected chi connectivity index (χ0v) is 14.9. The lowest BCUT2D eigenvalue weighted by Gasteiger charge is -2.13. The van der Waals surface area contributed by atoms with Crippen LogP contribution in [-0.2, 0) is 10.0 Å². The van der Waals surface area contributed by atoms with Gasteiger partial charge in [0, 0.05) is 12.4 Å².